The van der Waals surface area contributed by atoms with E-state index >= 15 is 0 Å². The van der Waals surface area contributed by atoms with E-state index in [9.17, 15) is 18.4 Å². The molecule has 158 valence electrons. The average molecular weight is 418 g/mol. The maximum Gasteiger partial charge on any atom is 0.354 e. The second-order valence-corrected chi connectivity index (χ2v) is 7.33. The zero-order valence-corrected chi connectivity index (χ0v) is 16.0. The van der Waals surface area contributed by atoms with Crippen molar-refractivity contribution in [2.45, 2.75) is 25.3 Å². The molecular weight excluding hydrogens is 398 g/mol. The van der Waals surface area contributed by atoms with E-state index in [-0.39, 0.29) is 17.5 Å². The number of carbonyl (C=O) groups excluding carboxylic acids is 1. The Morgan fingerprint density at radius 1 is 1.03 bits per heavy atom. The van der Waals surface area contributed by atoms with Gasteiger partial charge in [-0.3, -0.25) is 9.63 Å². The van der Waals surface area contributed by atoms with E-state index in [1.807, 2.05) is 4.90 Å². The highest BCUT2D eigenvalue weighted by Crippen LogP contribution is 2.34. The molecule has 2 saturated heterocycles. The Morgan fingerprint density at radius 2 is 1.73 bits per heavy atom. The van der Waals surface area contributed by atoms with Crippen LogP contribution in [0.4, 0.5) is 14.6 Å². The van der Waals surface area contributed by atoms with Gasteiger partial charge in [0.15, 0.2) is 5.69 Å². The Bertz CT molecular complexity index is 945. The van der Waals surface area contributed by atoms with Crippen LogP contribution in [0.25, 0.3) is 0 Å². The molecule has 30 heavy (non-hydrogen) atoms. The van der Waals surface area contributed by atoms with Crippen LogP contribution in [0, 0.1) is 17.6 Å². The number of hydrogen-bond donors (Lipinski definition) is 1. The van der Waals surface area contributed by atoms with Crippen LogP contribution in [-0.4, -0.2) is 51.7 Å². The second-order valence-electron chi connectivity index (χ2n) is 7.33. The Morgan fingerprint density at radius 3 is 2.40 bits per heavy atom. The molecule has 0 radical (unpaired) electrons. The van der Waals surface area contributed by atoms with Gasteiger partial charge in [0, 0.05) is 37.6 Å². The van der Waals surface area contributed by atoms with E-state index in [0.29, 0.717) is 50.3 Å². The monoisotopic (exact) mass is 418 g/mol. The minimum Gasteiger partial charge on any atom is -0.477 e. The van der Waals surface area contributed by atoms with E-state index < -0.39 is 23.6 Å². The largest absolute Gasteiger partial charge is 0.477 e. The summed E-state index contributed by atoms with van der Waals surface area (Å²) in [6.07, 6.45) is 2.72. The standard InChI is InChI=1S/C20H20F2N4O4/c21-14-7-13(8-15(22)9-14)17-3-6-30-26(17)19(27)12-1-4-25(5-2-12)18-10-16(20(28)29)23-11-24-18/h7-12,17H,1-6H2,(H,28,29). The highest BCUT2D eigenvalue weighted by Gasteiger charge is 2.37. The summed E-state index contributed by atoms with van der Waals surface area (Å²) in [6, 6.07) is 4.12. The Kier molecular flexibility index (Phi) is 5.58. The van der Waals surface area contributed by atoms with E-state index in [1.165, 1.54) is 29.6 Å². The van der Waals surface area contributed by atoms with Crippen LogP contribution in [0.1, 0.15) is 41.4 Å². The third kappa shape index (κ3) is 4.09. The molecule has 2 aromatic rings. The summed E-state index contributed by atoms with van der Waals surface area (Å²) in [6.45, 7) is 1.32. The first-order valence-electron chi connectivity index (χ1n) is 9.64. The topological polar surface area (TPSA) is 95.9 Å². The van der Waals surface area contributed by atoms with Gasteiger partial charge in [0.2, 0.25) is 5.91 Å². The fraction of sp³-hybridized carbons (Fsp3) is 0.400. The van der Waals surface area contributed by atoms with E-state index in [0.717, 1.165) is 6.07 Å². The molecule has 4 rings (SSSR count). The highest BCUT2D eigenvalue weighted by atomic mass is 19.1. The van der Waals surface area contributed by atoms with Crippen molar-refractivity contribution in [2.75, 3.05) is 24.6 Å². The van der Waals surface area contributed by atoms with Crippen LogP contribution in [0.3, 0.4) is 0 Å². The average Bonchev–Trinajstić information content (AvgIpc) is 3.23. The smallest absolute Gasteiger partial charge is 0.354 e. The van der Waals surface area contributed by atoms with E-state index in [1.54, 1.807) is 0 Å². The molecule has 10 heteroatoms. The number of carboxylic acids is 1. The normalized spacial score (nSPS) is 19.9. The number of amides is 1. The summed E-state index contributed by atoms with van der Waals surface area (Å²) in [4.78, 5) is 39.4. The van der Waals surface area contributed by atoms with Crippen molar-refractivity contribution < 1.29 is 28.3 Å². The number of piperidine rings is 1. The Hall–Kier alpha value is -3.14. The first-order chi connectivity index (χ1) is 14.4. The summed E-state index contributed by atoms with van der Waals surface area (Å²) >= 11 is 0. The predicted octanol–water partition coefficient (Wildman–Crippen LogP) is 2.57. The maximum absolute atomic E-state index is 13.6. The van der Waals surface area contributed by atoms with Crippen molar-refractivity contribution in [1.29, 1.82) is 0 Å². The molecule has 0 saturated carbocycles. The zero-order chi connectivity index (χ0) is 21.3. The zero-order valence-electron chi connectivity index (χ0n) is 16.0. The molecule has 1 amide bonds. The van der Waals surface area contributed by atoms with Gasteiger partial charge in [0.1, 0.15) is 23.8 Å². The van der Waals surface area contributed by atoms with Gasteiger partial charge >= 0.3 is 5.97 Å². The molecule has 2 aliphatic heterocycles. The van der Waals surface area contributed by atoms with Crippen molar-refractivity contribution in [3.63, 3.8) is 0 Å². The number of carbonyl (C=O) groups is 2. The lowest BCUT2D eigenvalue weighted by Crippen LogP contribution is -2.42. The molecule has 0 aliphatic carbocycles. The molecule has 1 unspecified atom stereocenters. The van der Waals surface area contributed by atoms with E-state index in [2.05, 4.69) is 9.97 Å². The predicted molar refractivity (Wildman–Crippen MR) is 100 cm³/mol. The maximum atomic E-state index is 13.6. The first kappa shape index (κ1) is 20.1. The molecule has 0 spiro atoms. The van der Waals surface area contributed by atoms with Gasteiger partial charge in [-0.25, -0.2) is 28.6 Å². The summed E-state index contributed by atoms with van der Waals surface area (Å²) in [5.74, 6) is -2.53. The van der Waals surface area contributed by atoms with Crippen LogP contribution in [-0.2, 0) is 9.63 Å². The van der Waals surface area contributed by atoms with Crippen LogP contribution in [0.5, 0.6) is 0 Å². The minimum atomic E-state index is -1.13. The third-order valence-electron chi connectivity index (χ3n) is 5.43. The van der Waals surface area contributed by atoms with Crippen LogP contribution < -0.4 is 4.90 Å². The molecule has 1 N–H and O–H groups in total. The van der Waals surface area contributed by atoms with Gasteiger partial charge in [0.05, 0.1) is 12.6 Å². The van der Waals surface area contributed by atoms with Crippen LogP contribution in [0.2, 0.25) is 0 Å². The third-order valence-corrected chi connectivity index (χ3v) is 5.43. The number of rotatable bonds is 4. The lowest BCUT2D eigenvalue weighted by Gasteiger charge is -2.34. The molecule has 2 aliphatic rings. The number of carboxylic acid groups (broad SMARTS) is 1. The first-order valence-corrected chi connectivity index (χ1v) is 9.64. The number of aromatic nitrogens is 2. The number of aromatic carboxylic acids is 1. The molecule has 0 bridgehead atoms. The van der Waals surface area contributed by atoms with Crippen molar-refractivity contribution in [3.8, 4) is 0 Å². The summed E-state index contributed by atoms with van der Waals surface area (Å²) in [5, 5.41) is 10.3. The molecule has 3 heterocycles. The lowest BCUT2D eigenvalue weighted by atomic mass is 9.94. The molecule has 1 atom stereocenters. The number of nitrogens with zero attached hydrogens (tertiary/aromatic N) is 4. The number of hydroxylamine groups is 2. The Labute approximate surface area is 171 Å². The fourth-order valence-electron chi connectivity index (χ4n) is 3.93. The SMILES string of the molecule is O=C(O)c1cc(N2CCC(C(=O)N3OCCC3c3cc(F)cc(F)c3)CC2)ncn1. The fourth-order valence-corrected chi connectivity index (χ4v) is 3.93. The van der Waals surface area contributed by atoms with Gasteiger partial charge < -0.3 is 10.0 Å². The summed E-state index contributed by atoms with van der Waals surface area (Å²) in [7, 11) is 0. The van der Waals surface area contributed by atoms with Gasteiger partial charge in [-0.1, -0.05) is 0 Å². The summed E-state index contributed by atoms with van der Waals surface area (Å²) in [5.41, 5.74) is 0.284. The van der Waals surface area contributed by atoms with Crippen molar-refractivity contribution >= 4 is 17.7 Å². The lowest BCUT2D eigenvalue weighted by molar-refractivity contribution is -0.182. The van der Waals surface area contributed by atoms with Gasteiger partial charge in [0.25, 0.3) is 0 Å². The van der Waals surface area contributed by atoms with Gasteiger partial charge in [-0.05, 0) is 30.5 Å². The van der Waals surface area contributed by atoms with Crippen molar-refractivity contribution in [1.82, 2.24) is 15.0 Å². The van der Waals surface area contributed by atoms with Gasteiger partial charge in [-0.2, -0.15) is 0 Å². The van der Waals surface area contributed by atoms with Crippen LogP contribution in [0.15, 0.2) is 30.6 Å². The molecule has 8 nitrogen and oxygen atoms in total. The van der Waals surface area contributed by atoms with Crippen LogP contribution >= 0.6 is 0 Å². The summed E-state index contributed by atoms with van der Waals surface area (Å²) < 4.78 is 27.2. The number of anilines is 1. The highest BCUT2D eigenvalue weighted by molar-refractivity contribution is 5.86. The second kappa shape index (κ2) is 8.31. The number of benzene rings is 1. The number of hydrogen-bond acceptors (Lipinski definition) is 6. The van der Waals surface area contributed by atoms with Crippen molar-refractivity contribution in [3.05, 3.63) is 53.5 Å². The molecule has 2 fully saturated rings. The molecule has 1 aromatic carbocycles. The quantitative estimate of drug-likeness (QED) is 0.815. The minimum absolute atomic E-state index is 0.0890. The Balaban J connectivity index is 1.42. The molecule has 1 aromatic heterocycles. The van der Waals surface area contributed by atoms with Crippen molar-refractivity contribution in [2.24, 2.45) is 5.92 Å². The molecular formula is C20H20F2N4O4. The van der Waals surface area contributed by atoms with Gasteiger partial charge in [-0.15, -0.1) is 0 Å². The van der Waals surface area contributed by atoms with E-state index in [4.69, 9.17) is 9.94 Å². The number of halogens is 2.